The topological polar surface area (TPSA) is 25.4 Å². The number of aromatic nitrogens is 1. The molecule has 0 atom stereocenters. The highest BCUT2D eigenvalue weighted by Crippen LogP contribution is 2.21. The van der Waals surface area contributed by atoms with Crippen LogP contribution in [0.5, 0.6) is 0 Å². The minimum Gasteiger partial charge on any atom is -0.378 e. The van der Waals surface area contributed by atoms with Gasteiger partial charge in [-0.05, 0) is 25.5 Å². The van der Waals surface area contributed by atoms with Crippen LogP contribution in [0.25, 0.3) is 0 Å². The Kier molecular flexibility index (Phi) is 3.47. The molecule has 1 aliphatic heterocycles. The Balaban J connectivity index is 2.05. The maximum absolute atomic E-state index is 5.77. The molecule has 1 saturated heterocycles. The van der Waals surface area contributed by atoms with Crippen LogP contribution in [-0.4, -0.2) is 35.2 Å². The van der Waals surface area contributed by atoms with Crippen molar-refractivity contribution in [2.24, 2.45) is 0 Å². The average molecular weight is 241 g/mol. The van der Waals surface area contributed by atoms with Crippen LogP contribution >= 0.6 is 11.6 Å². The lowest BCUT2D eigenvalue weighted by Gasteiger charge is -2.42. The first-order chi connectivity index (χ1) is 7.58. The van der Waals surface area contributed by atoms with Crippen molar-refractivity contribution in [3.63, 3.8) is 0 Å². The van der Waals surface area contributed by atoms with Gasteiger partial charge in [0.05, 0.1) is 13.2 Å². The van der Waals surface area contributed by atoms with Crippen LogP contribution in [0.15, 0.2) is 18.3 Å². The molecule has 1 fully saturated rings. The SMILES string of the molecule is CC1(C)COCCN1Cc1ccc(Cl)nc1. The molecule has 0 aromatic carbocycles. The van der Waals surface area contributed by atoms with E-state index in [-0.39, 0.29) is 5.54 Å². The van der Waals surface area contributed by atoms with Gasteiger partial charge in [0, 0.05) is 24.8 Å². The first-order valence-corrected chi connectivity index (χ1v) is 5.89. The van der Waals surface area contributed by atoms with Crippen LogP contribution in [0, 0.1) is 0 Å². The van der Waals surface area contributed by atoms with Crippen LogP contribution < -0.4 is 0 Å². The van der Waals surface area contributed by atoms with Crippen LogP contribution in [0.4, 0.5) is 0 Å². The summed E-state index contributed by atoms with van der Waals surface area (Å²) in [7, 11) is 0. The minimum absolute atomic E-state index is 0.0951. The Labute approximate surface area is 101 Å². The van der Waals surface area contributed by atoms with E-state index in [4.69, 9.17) is 16.3 Å². The third kappa shape index (κ3) is 2.73. The van der Waals surface area contributed by atoms with E-state index < -0.39 is 0 Å². The van der Waals surface area contributed by atoms with E-state index in [0.29, 0.717) is 5.15 Å². The van der Waals surface area contributed by atoms with Gasteiger partial charge in [0.15, 0.2) is 0 Å². The Morgan fingerprint density at radius 3 is 2.94 bits per heavy atom. The number of nitrogens with zero attached hydrogens (tertiary/aromatic N) is 2. The van der Waals surface area contributed by atoms with Crippen LogP contribution in [0.2, 0.25) is 5.15 Å². The normalized spacial score (nSPS) is 20.9. The summed E-state index contributed by atoms with van der Waals surface area (Å²) in [6.07, 6.45) is 1.84. The van der Waals surface area contributed by atoms with Gasteiger partial charge in [0.2, 0.25) is 0 Å². The van der Waals surface area contributed by atoms with Gasteiger partial charge in [-0.2, -0.15) is 0 Å². The molecule has 0 unspecified atom stereocenters. The van der Waals surface area contributed by atoms with E-state index in [1.165, 1.54) is 5.56 Å². The molecule has 1 aromatic rings. The maximum Gasteiger partial charge on any atom is 0.129 e. The summed E-state index contributed by atoms with van der Waals surface area (Å²) >= 11 is 5.77. The molecular weight excluding hydrogens is 224 g/mol. The van der Waals surface area contributed by atoms with Crippen LogP contribution in [0.1, 0.15) is 19.4 Å². The van der Waals surface area contributed by atoms with E-state index >= 15 is 0 Å². The summed E-state index contributed by atoms with van der Waals surface area (Å²) in [5, 5.41) is 0.546. The van der Waals surface area contributed by atoms with E-state index in [2.05, 4.69) is 23.7 Å². The third-order valence-electron chi connectivity index (χ3n) is 2.98. The Morgan fingerprint density at radius 1 is 1.50 bits per heavy atom. The van der Waals surface area contributed by atoms with Gasteiger partial charge < -0.3 is 4.74 Å². The van der Waals surface area contributed by atoms with E-state index in [1.807, 2.05) is 18.3 Å². The highest BCUT2D eigenvalue weighted by molar-refractivity contribution is 6.29. The van der Waals surface area contributed by atoms with E-state index in [0.717, 1.165) is 26.3 Å². The van der Waals surface area contributed by atoms with E-state index in [9.17, 15) is 0 Å². The number of morpholine rings is 1. The zero-order chi connectivity index (χ0) is 11.6. The number of ether oxygens (including phenoxy) is 1. The van der Waals surface area contributed by atoms with Gasteiger partial charge >= 0.3 is 0 Å². The van der Waals surface area contributed by atoms with Crippen molar-refractivity contribution < 1.29 is 4.74 Å². The van der Waals surface area contributed by atoms with Gasteiger partial charge in [-0.25, -0.2) is 4.98 Å². The standard InChI is InChI=1S/C12H17ClN2O/c1-12(2)9-16-6-5-15(12)8-10-3-4-11(13)14-7-10/h3-4,7H,5-6,8-9H2,1-2H3. The highest BCUT2D eigenvalue weighted by atomic mass is 35.5. The molecule has 88 valence electrons. The largest absolute Gasteiger partial charge is 0.378 e. The lowest BCUT2D eigenvalue weighted by Crippen LogP contribution is -2.52. The molecule has 0 bridgehead atoms. The molecule has 2 heterocycles. The van der Waals surface area contributed by atoms with Crippen molar-refractivity contribution in [1.29, 1.82) is 0 Å². The quantitative estimate of drug-likeness (QED) is 0.742. The zero-order valence-electron chi connectivity index (χ0n) is 9.74. The molecule has 0 aliphatic carbocycles. The molecule has 3 nitrogen and oxygen atoms in total. The predicted octanol–water partition coefficient (Wildman–Crippen LogP) is 2.35. The van der Waals surface area contributed by atoms with Crippen molar-refractivity contribution in [3.8, 4) is 0 Å². The summed E-state index contributed by atoms with van der Waals surface area (Å²) in [4.78, 5) is 6.52. The zero-order valence-corrected chi connectivity index (χ0v) is 10.5. The molecule has 0 N–H and O–H groups in total. The molecule has 1 aromatic heterocycles. The van der Waals surface area contributed by atoms with Gasteiger partial charge in [-0.15, -0.1) is 0 Å². The number of halogens is 1. The molecular formula is C12H17ClN2O. The summed E-state index contributed by atoms with van der Waals surface area (Å²) in [6, 6.07) is 3.87. The molecule has 2 rings (SSSR count). The van der Waals surface area contributed by atoms with Crippen molar-refractivity contribution in [3.05, 3.63) is 29.0 Å². The minimum atomic E-state index is 0.0951. The first kappa shape index (κ1) is 11.8. The number of hydrogen-bond donors (Lipinski definition) is 0. The Morgan fingerprint density at radius 2 is 2.31 bits per heavy atom. The van der Waals surface area contributed by atoms with E-state index in [1.54, 1.807) is 0 Å². The first-order valence-electron chi connectivity index (χ1n) is 5.51. The molecule has 0 amide bonds. The smallest absolute Gasteiger partial charge is 0.129 e. The number of pyridine rings is 1. The second kappa shape index (κ2) is 4.70. The van der Waals surface area contributed by atoms with Crippen molar-refractivity contribution in [2.45, 2.75) is 25.9 Å². The second-order valence-corrected chi connectivity index (χ2v) is 5.16. The number of hydrogen-bond acceptors (Lipinski definition) is 3. The van der Waals surface area contributed by atoms with Crippen molar-refractivity contribution in [1.82, 2.24) is 9.88 Å². The van der Waals surface area contributed by atoms with Gasteiger partial charge in [0.1, 0.15) is 5.15 Å². The highest BCUT2D eigenvalue weighted by Gasteiger charge is 2.30. The Hall–Kier alpha value is -0.640. The van der Waals surface area contributed by atoms with Gasteiger partial charge in [0.25, 0.3) is 0 Å². The van der Waals surface area contributed by atoms with Crippen molar-refractivity contribution >= 4 is 11.6 Å². The molecule has 0 spiro atoms. The third-order valence-corrected chi connectivity index (χ3v) is 3.20. The lowest BCUT2D eigenvalue weighted by molar-refractivity contribution is -0.0553. The van der Waals surface area contributed by atoms with Crippen molar-refractivity contribution in [2.75, 3.05) is 19.8 Å². The number of rotatable bonds is 2. The summed E-state index contributed by atoms with van der Waals surface area (Å²) in [5.74, 6) is 0. The van der Waals surface area contributed by atoms with Crippen LogP contribution in [-0.2, 0) is 11.3 Å². The predicted molar refractivity (Wildman–Crippen MR) is 64.6 cm³/mol. The second-order valence-electron chi connectivity index (χ2n) is 4.78. The average Bonchev–Trinajstić information content (AvgIpc) is 2.24. The molecule has 16 heavy (non-hydrogen) atoms. The monoisotopic (exact) mass is 240 g/mol. The summed E-state index contributed by atoms with van der Waals surface area (Å²) < 4.78 is 5.49. The fraction of sp³-hybridized carbons (Fsp3) is 0.583. The lowest BCUT2D eigenvalue weighted by atomic mass is 10.0. The fourth-order valence-corrected chi connectivity index (χ4v) is 2.02. The van der Waals surface area contributed by atoms with Crippen LogP contribution in [0.3, 0.4) is 0 Å². The van der Waals surface area contributed by atoms with Gasteiger partial charge in [-0.3, -0.25) is 4.90 Å². The molecule has 4 heteroatoms. The molecule has 0 radical (unpaired) electrons. The summed E-state index contributed by atoms with van der Waals surface area (Å²) in [6.45, 7) is 7.87. The Bertz CT molecular complexity index is 351. The fourth-order valence-electron chi connectivity index (χ4n) is 1.90. The molecule has 1 aliphatic rings. The summed E-state index contributed by atoms with van der Waals surface area (Å²) in [5.41, 5.74) is 1.29. The molecule has 0 saturated carbocycles. The van der Waals surface area contributed by atoms with Gasteiger partial charge in [-0.1, -0.05) is 17.7 Å². The maximum atomic E-state index is 5.77.